The topological polar surface area (TPSA) is 46.2 Å². The van der Waals surface area contributed by atoms with Gasteiger partial charge in [-0.25, -0.2) is 4.39 Å². The van der Waals surface area contributed by atoms with Crippen molar-refractivity contribution in [2.75, 3.05) is 0 Å². The highest BCUT2D eigenvalue weighted by atomic mass is 35.5. The van der Waals surface area contributed by atoms with E-state index >= 15 is 0 Å². The molecule has 22 heavy (non-hydrogen) atoms. The van der Waals surface area contributed by atoms with Crippen LogP contribution in [0.15, 0.2) is 12.1 Å². The standard InChI is InChI=1S/C15H19ClFNO2.C2H6/c1-9(2)11-6-13(16)12(7-14(11)17)10(3)4-5-15(20)18-8-19;1-2/h6-10H,4-5H2,1-3H3,(H,18,19,20);1-2H3. The van der Waals surface area contributed by atoms with E-state index in [1.54, 1.807) is 6.07 Å². The summed E-state index contributed by atoms with van der Waals surface area (Å²) in [6, 6.07) is 3.10. The van der Waals surface area contributed by atoms with Crippen molar-refractivity contribution in [3.05, 3.63) is 34.1 Å². The summed E-state index contributed by atoms with van der Waals surface area (Å²) in [5.74, 6) is -0.614. The van der Waals surface area contributed by atoms with Gasteiger partial charge >= 0.3 is 0 Å². The van der Waals surface area contributed by atoms with Crippen molar-refractivity contribution >= 4 is 23.9 Å². The summed E-state index contributed by atoms with van der Waals surface area (Å²) in [6.45, 7) is 9.69. The van der Waals surface area contributed by atoms with Crippen LogP contribution in [-0.4, -0.2) is 12.3 Å². The molecule has 5 heteroatoms. The third-order valence-electron chi connectivity index (χ3n) is 3.29. The summed E-state index contributed by atoms with van der Waals surface area (Å²) >= 11 is 6.19. The third-order valence-corrected chi connectivity index (χ3v) is 3.62. The largest absolute Gasteiger partial charge is 0.299 e. The second-order valence-corrected chi connectivity index (χ2v) is 5.58. The molecule has 1 unspecified atom stereocenters. The van der Waals surface area contributed by atoms with Crippen LogP contribution in [-0.2, 0) is 9.59 Å². The van der Waals surface area contributed by atoms with Crippen molar-refractivity contribution in [2.45, 2.75) is 59.3 Å². The van der Waals surface area contributed by atoms with E-state index in [2.05, 4.69) is 5.32 Å². The van der Waals surface area contributed by atoms with E-state index in [9.17, 15) is 14.0 Å². The zero-order valence-electron chi connectivity index (χ0n) is 13.9. The van der Waals surface area contributed by atoms with E-state index in [-0.39, 0.29) is 30.0 Å². The van der Waals surface area contributed by atoms with Gasteiger partial charge < -0.3 is 0 Å². The summed E-state index contributed by atoms with van der Waals surface area (Å²) < 4.78 is 14.0. The predicted octanol–water partition coefficient (Wildman–Crippen LogP) is 4.79. The predicted molar refractivity (Wildman–Crippen MR) is 88.7 cm³/mol. The highest BCUT2D eigenvalue weighted by Crippen LogP contribution is 2.32. The molecule has 1 atom stereocenters. The molecular formula is C17H25ClFNO2. The Morgan fingerprint density at radius 1 is 1.27 bits per heavy atom. The quantitative estimate of drug-likeness (QED) is 0.763. The first-order valence-corrected chi connectivity index (χ1v) is 7.96. The molecule has 0 saturated carbocycles. The molecular weight excluding hydrogens is 305 g/mol. The van der Waals surface area contributed by atoms with Gasteiger partial charge in [0.1, 0.15) is 5.82 Å². The summed E-state index contributed by atoms with van der Waals surface area (Å²) in [7, 11) is 0. The Labute approximate surface area is 137 Å². The van der Waals surface area contributed by atoms with Gasteiger partial charge in [0.2, 0.25) is 12.3 Å². The molecule has 1 N–H and O–H groups in total. The van der Waals surface area contributed by atoms with Crippen LogP contribution in [0.5, 0.6) is 0 Å². The molecule has 1 rings (SSSR count). The van der Waals surface area contributed by atoms with E-state index < -0.39 is 0 Å². The average Bonchev–Trinajstić information content (AvgIpc) is 2.48. The normalized spacial score (nSPS) is 11.5. The molecule has 0 aliphatic carbocycles. The molecule has 2 amide bonds. The maximum atomic E-state index is 14.0. The van der Waals surface area contributed by atoms with Crippen molar-refractivity contribution in [3.63, 3.8) is 0 Å². The maximum absolute atomic E-state index is 14.0. The van der Waals surface area contributed by atoms with Gasteiger partial charge in [-0.1, -0.05) is 46.2 Å². The van der Waals surface area contributed by atoms with Crippen LogP contribution in [0, 0.1) is 5.82 Å². The molecule has 0 heterocycles. The molecule has 0 aromatic heterocycles. The summed E-state index contributed by atoms with van der Waals surface area (Å²) in [4.78, 5) is 21.4. The Bertz CT molecular complexity index is 504. The van der Waals surface area contributed by atoms with Crippen LogP contribution in [0.4, 0.5) is 4.39 Å². The fourth-order valence-electron chi connectivity index (χ4n) is 2.04. The number of rotatable bonds is 6. The highest BCUT2D eigenvalue weighted by molar-refractivity contribution is 6.31. The minimum Gasteiger partial charge on any atom is -0.299 e. The van der Waals surface area contributed by atoms with E-state index in [1.807, 2.05) is 34.6 Å². The molecule has 1 aromatic rings. The number of imide groups is 1. The van der Waals surface area contributed by atoms with Gasteiger partial charge in [0.05, 0.1) is 0 Å². The van der Waals surface area contributed by atoms with Gasteiger partial charge in [-0.05, 0) is 41.5 Å². The van der Waals surface area contributed by atoms with E-state index in [1.165, 1.54) is 6.07 Å². The number of hydrogen-bond donors (Lipinski definition) is 1. The van der Waals surface area contributed by atoms with Gasteiger partial charge in [0, 0.05) is 11.4 Å². The smallest absolute Gasteiger partial charge is 0.226 e. The van der Waals surface area contributed by atoms with Crippen LogP contribution in [0.1, 0.15) is 70.4 Å². The van der Waals surface area contributed by atoms with Crippen molar-refractivity contribution in [1.82, 2.24) is 5.32 Å². The summed E-state index contributed by atoms with van der Waals surface area (Å²) in [5, 5.41) is 2.59. The van der Waals surface area contributed by atoms with Gasteiger partial charge in [-0.15, -0.1) is 0 Å². The second kappa shape index (κ2) is 10.3. The Hall–Kier alpha value is -1.42. The minimum atomic E-state index is -0.345. The van der Waals surface area contributed by atoms with Crippen molar-refractivity contribution < 1.29 is 14.0 Å². The number of nitrogens with one attached hydrogen (secondary N) is 1. The molecule has 3 nitrogen and oxygen atoms in total. The number of carbonyl (C=O) groups excluding carboxylic acids is 2. The van der Waals surface area contributed by atoms with Gasteiger partial charge in [-0.3, -0.25) is 14.9 Å². The third kappa shape index (κ3) is 6.14. The van der Waals surface area contributed by atoms with Crippen molar-refractivity contribution in [2.24, 2.45) is 0 Å². The molecule has 0 bridgehead atoms. The highest BCUT2D eigenvalue weighted by Gasteiger charge is 2.16. The lowest BCUT2D eigenvalue weighted by atomic mass is 9.92. The molecule has 0 radical (unpaired) electrons. The number of amides is 2. The number of benzene rings is 1. The van der Waals surface area contributed by atoms with Crippen molar-refractivity contribution in [1.29, 1.82) is 0 Å². The Morgan fingerprint density at radius 3 is 2.36 bits per heavy atom. The average molecular weight is 330 g/mol. The van der Waals surface area contributed by atoms with Crippen LogP contribution < -0.4 is 5.32 Å². The van der Waals surface area contributed by atoms with Crippen LogP contribution in [0.25, 0.3) is 0 Å². The van der Waals surface area contributed by atoms with Crippen LogP contribution in [0.2, 0.25) is 5.02 Å². The minimum absolute atomic E-state index is 0.0596. The molecule has 0 saturated heterocycles. The first kappa shape index (κ1) is 20.6. The molecule has 0 aliphatic heterocycles. The van der Waals surface area contributed by atoms with Crippen LogP contribution >= 0.6 is 11.6 Å². The lowest BCUT2D eigenvalue weighted by Crippen LogP contribution is -2.21. The monoisotopic (exact) mass is 329 g/mol. The fraction of sp³-hybridized carbons (Fsp3) is 0.529. The Morgan fingerprint density at radius 2 is 1.86 bits per heavy atom. The summed E-state index contributed by atoms with van der Waals surface area (Å²) in [5.41, 5.74) is 1.28. The number of halogens is 2. The first-order chi connectivity index (χ1) is 10.4. The number of hydrogen-bond acceptors (Lipinski definition) is 2. The SMILES string of the molecule is CC.CC(C)c1cc(Cl)c(C(C)CCC(=O)NC=O)cc1F. The Balaban J connectivity index is 0.00000211. The van der Waals surface area contributed by atoms with Gasteiger partial charge in [0.15, 0.2) is 0 Å². The van der Waals surface area contributed by atoms with E-state index in [0.29, 0.717) is 29.0 Å². The first-order valence-electron chi connectivity index (χ1n) is 7.58. The fourth-order valence-corrected chi connectivity index (χ4v) is 2.40. The zero-order valence-corrected chi connectivity index (χ0v) is 14.6. The number of carbonyl (C=O) groups is 2. The molecule has 0 fully saturated rings. The maximum Gasteiger partial charge on any atom is 0.226 e. The van der Waals surface area contributed by atoms with Crippen molar-refractivity contribution in [3.8, 4) is 0 Å². The summed E-state index contributed by atoms with van der Waals surface area (Å²) in [6.07, 6.45) is 1.06. The van der Waals surface area contributed by atoms with E-state index in [4.69, 9.17) is 11.6 Å². The zero-order chi connectivity index (χ0) is 17.3. The lowest BCUT2D eigenvalue weighted by molar-refractivity contribution is -0.125. The molecule has 0 aliphatic rings. The lowest BCUT2D eigenvalue weighted by Gasteiger charge is -2.16. The van der Waals surface area contributed by atoms with Gasteiger partial charge in [0.25, 0.3) is 0 Å². The molecule has 124 valence electrons. The van der Waals surface area contributed by atoms with Crippen LogP contribution in [0.3, 0.4) is 0 Å². The molecule has 0 spiro atoms. The molecule has 1 aromatic carbocycles. The Kier molecular flexibility index (Phi) is 9.66. The second-order valence-electron chi connectivity index (χ2n) is 5.18. The van der Waals surface area contributed by atoms with Gasteiger partial charge in [-0.2, -0.15) is 0 Å². The van der Waals surface area contributed by atoms with E-state index in [0.717, 1.165) is 0 Å².